The quantitative estimate of drug-likeness (QED) is 0.733. The van der Waals surface area contributed by atoms with Crippen molar-refractivity contribution < 1.29 is 28.9 Å². The summed E-state index contributed by atoms with van der Waals surface area (Å²) in [6.45, 7) is 5.11. The minimum atomic E-state index is -1.25. The lowest BCUT2D eigenvalue weighted by molar-refractivity contribution is -0.323. The molecule has 0 spiro atoms. The van der Waals surface area contributed by atoms with Gasteiger partial charge in [-0.15, -0.1) is 0 Å². The van der Waals surface area contributed by atoms with Gasteiger partial charge in [0.05, 0.1) is 28.4 Å². The number of nitrogens with zero attached hydrogens (tertiary/aromatic N) is 4. The number of rotatable bonds is 6. The third-order valence-electron chi connectivity index (χ3n) is 3.57. The Morgan fingerprint density at radius 3 is 1.52 bits per heavy atom. The Morgan fingerprint density at radius 1 is 0.870 bits per heavy atom. The van der Waals surface area contributed by atoms with Crippen LogP contribution in [0.1, 0.15) is 33.6 Å². The van der Waals surface area contributed by atoms with Crippen molar-refractivity contribution >= 4 is 12.1 Å². The van der Waals surface area contributed by atoms with Crippen molar-refractivity contribution in [2.45, 2.75) is 45.4 Å². The van der Waals surface area contributed by atoms with Gasteiger partial charge < -0.3 is 0 Å². The number of carbonyl (C=O) groups is 2. The zero-order valence-electron chi connectivity index (χ0n) is 14.7. The van der Waals surface area contributed by atoms with Crippen LogP contribution in [0.5, 0.6) is 0 Å². The van der Waals surface area contributed by atoms with Gasteiger partial charge in [0.1, 0.15) is 0 Å². The highest BCUT2D eigenvalue weighted by atomic mass is 16.8. The van der Waals surface area contributed by atoms with Crippen LogP contribution >= 0.6 is 0 Å². The van der Waals surface area contributed by atoms with E-state index in [2.05, 4.69) is 0 Å². The second-order valence-electron chi connectivity index (χ2n) is 5.30. The van der Waals surface area contributed by atoms with Crippen LogP contribution in [0, 0.1) is 0 Å². The molecule has 10 nitrogen and oxygen atoms in total. The predicted octanol–water partition coefficient (Wildman–Crippen LogP) is 1.56. The molecule has 4 amide bonds. The number of carbonyl (C=O) groups excluding carboxylic acids is 2. The molecule has 1 rings (SSSR count). The first-order valence-corrected chi connectivity index (χ1v) is 7.24. The maximum atomic E-state index is 12.8. The highest BCUT2D eigenvalue weighted by molar-refractivity contribution is 5.79. The average Bonchev–Trinajstić information content (AvgIpc) is 2.48. The summed E-state index contributed by atoms with van der Waals surface area (Å²) < 4.78 is 0. The van der Waals surface area contributed by atoms with E-state index in [0.29, 0.717) is 12.8 Å². The largest absolute Gasteiger partial charge is 0.372 e. The van der Waals surface area contributed by atoms with Gasteiger partial charge in [-0.05, 0) is 20.3 Å². The van der Waals surface area contributed by atoms with Crippen LogP contribution in [-0.4, -0.2) is 72.6 Å². The average molecular weight is 334 g/mol. The molecule has 0 saturated carbocycles. The van der Waals surface area contributed by atoms with Crippen molar-refractivity contribution in [2.75, 3.05) is 28.4 Å². The van der Waals surface area contributed by atoms with Crippen molar-refractivity contribution in [1.29, 1.82) is 0 Å². The second-order valence-corrected chi connectivity index (χ2v) is 5.30. The first kappa shape index (κ1) is 19.4. The SMILES string of the molecule is CCCC1N(OC)C(=O)N(OC)C(C)(C)N(OC)C(=O)N1OC. The van der Waals surface area contributed by atoms with E-state index in [1.807, 2.05) is 6.92 Å². The van der Waals surface area contributed by atoms with Crippen LogP contribution in [-0.2, 0) is 19.4 Å². The minimum absolute atomic E-state index is 0.439. The van der Waals surface area contributed by atoms with E-state index in [4.69, 9.17) is 19.4 Å². The molecule has 0 radical (unpaired) electrons. The number of amides is 4. The highest BCUT2D eigenvalue weighted by Crippen LogP contribution is 2.29. The predicted molar refractivity (Wildman–Crippen MR) is 79.0 cm³/mol. The monoisotopic (exact) mass is 334 g/mol. The van der Waals surface area contributed by atoms with E-state index in [-0.39, 0.29) is 0 Å². The molecule has 10 heteroatoms. The van der Waals surface area contributed by atoms with Crippen LogP contribution in [0.15, 0.2) is 0 Å². The highest BCUT2D eigenvalue weighted by Gasteiger charge is 2.50. The van der Waals surface area contributed by atoms with Crippen LogP contribution in [0.2, 0.25) is 0 Å². The Morgan fingerprint density at radius 2 is 1.26 bits per heavy atom. The lowest BCUT2D eigenvalue weighted by Crippen LogP contribution is -2.70. The molecule has 0 aromatic heterocycles. The molecule has 1 aliphatic rings. The van der Waals surface area contributed by atoms with Crippen molar-refractivity contribution in [3.8, 4) is 0 Å². The number of hydroxylamine groups is 8. The first-order valence-electron chi connectivity index (χ1n) is 7.24. The fourth-order valence-electron chi connectivity index (χ4n) is 2.58. The molecule has 0 aliphatic carbocycles. The van der Waals surface area contributed by atoms with Gasteiger partial charge in [-0.2, -0.15) is 20.3 Å². The van der Waals surface area contributed by atoms with Gasteiger partial charge in [0.15, 0.2) is 11.8 Å². The molecule has 1 heterocycles. The Labute approximate surface area is 136 Å². The standard InChI is InChI=1S/C13H26N4O6/c1-8-9-10-14(20-4)11(18)16(22-6)13(2,3)17(23-7)12(19)15(10)21-5/h10H,8-9H2,1-7H3. The van der Waals surface area contributed by atoms with E-state index in [0.717, 1.165) is 20.3 Å². The molecule has 0 bridgehead atoms. The van der Waals surface area contributed by atoms with Crippen LogP contribution < -0.4 is 0 Å². The molecule has 0 aromatic carbocycles. The normalized spacial score (nSPS) is 20.1. The van der Waals surface area contributed by atoms with Crippen molar-refractivity contribution in [1.82, 2.24) is 20.3 Å². The van der Waals surface area contributed by atoms with E-state index in [1.165, 1.54) is 28.4 Å². The number of hydrogen-bond acceptors (Lipinski definition) is 6. The lowest BCUT2D eigenvalue weighted by Gasteiger charge is -2.49. The Hall–Kier alpha value is -1.62. The summed E-state index contributed by atoms with van der Waals surface area (Å²) >= 11 is 0. The molecule has 0 unspecified atom stereocenters. The zero-order chi connectivity index (χ0) is 17.8. The molecule has 0 atom stereocenters. The van der Waals surface area contributed by atoms with Crippen molar-refractivity contribution in [3.63, 3.8) is 0 Å². The summed E-state index contributed by atoms with van der Waals surface area (Å²) in [6, 6.07) is -1.18. The topological polar surface area (TPSA) is 84.0 Å². The molecule has 1 saturated heterocycles. The minimum Gasteiger partial charge on any atom is -0.271 e. The van der Waals surface area contributed by atoms with Crippen LogP contribution in [0.3, 0.4) is 0 Å². The van der Waals surface area contributed by atoms with Crippen molar-refractivity contribution in [3.05, 3.63) is 0 Å². The molecule has 0 N–H and O–H groups in total. The Balaban J connectivity index is 3.46. The summed E-state index contributed by atoms with van der Waals surface area (Å²) in [5.74, 6) is 0. The zero-order valence-corrected chi connectivity index (χ0v) is 14.7. The molecule has 23 heavy (non-hydrogen) atoms. The molecule has 0 aromatic rings. The Kier molecular flexibility index (Phi) is 6.57. The van der Waals surface area contributed by atoms with E-state index < -0.39 is 23.9 Å². The summed E-state index contributed by atoms with van der Waals surface area (Å²) in [5.41, 5.74) is -1.25. The van der Waals surface area contributed by atoms with Gasteiger partial charge in [-0.1, -0.05) is 13.3 Å². The smallest absolute Gasteiger partial charge is 0.271 e. The van der Waals surface area contributed by atoms with Gasteiger partial charge in [0.25, 0.3) is 0 Å². The number of urea groups is 2. The van der Waals surface area contributed by atoms with Gasteiger partial charge in [-0.25, -0.2) is 9.59 Å². The first-order chi connectivity index (χ1) is 10.8. The molecule has 1 fully saturated rings. The third-order valence-corrected chi connectivity index (χ3v) is 3.57. The molecule has 134 valence electrons. The lowest BCUT2D eigenvalue weighted by atomic mass is 10.2. The molecular formula is C13H26N4O6. The fourth-order valence-corrected chi connectivity index (χ4v) is 2.58. The van der Waals surface area contributed by atoms with E-state index in [9.17, 15) is 9.59 Å². The molecular weight excluding hydrogens is 308 g/mol. The second kappa shape index (κ2) is 7.77. The van der Waals surface area contributed by atoms with Crippen LogP contribution in [0.4, 0.5) is 9.59 Å². The summed E-state index contributed by atoms with van der Waals surface area (Å²) in [4.78, 5) is 46.4. The maximum absolute atomic E-state index is 12.8. The van der Waals surface area contributed by atoms with E-state index >= 15 is 0 Å². The van der Waals surface area contributed by atoms with Gasteiger partial charge in [-0.3, -0.25) is 19.4 Å². The molecule has 1 aliphatic heterocycles. The van der Waals surface area contributed by atoms with Crippen LogP contribution in [0.25, 0.3) is 0 Å². The van der Waals surface area contributed by atoms with Gasteiger partial charge >= 0.3 is 12.1 Å². The Bertz CT molecular complexity index is 399. The number of hydrogen-bond donors (Lipinski definition) is 0. The summed E-state index contributed by atoms with van der Waals surface area (Å²) in [7, 11) is 5.34. The third kappa shape index (κ3) is 3.34. The van der Waals surface area contributed by atoms with E-state index in [1.54, 1.807) is 13.8 Å². The van der Waals surface area contributed by atoms with Crippen molar-refractivity contribution in [2.24, 2.45) is 0 Å². The maximum Gasteiger partial charge on any atom is 0.372 e. The van der Waals surface area contributed by atoms with Gasteiger partial charge in [0, 0.05) is 0 Å². The summed E-state index contributed by atoms with van der Waals surface area (Å²) in [6.07, 6.45) is 0.351. The fraction of sp³-hybridized carbons (Fsp3) is 0.846. The van der Waals surface area contributed by atoms with Gasteiger partial charge in [0.2, 0.25) is 0 Å². The summed E-state index contributed by atoms with van der Waals surface area (Å²) in [5, 5.41) is 4.10.